The van der Waals surface area contributed by atoms with E-state index in [9.17, 15) is 23.0 Å². The van der Waals surface area contributed by atoms with Crippen molar-refractivity contribution >= 4 is 40.5 Å². The number of rotatable bonds is 8. The van der Waals surface area contributed by atoms with Crippen molar-refractivity contribution in [2.45, 2.75) is 29.2 Å². The van der Waals surface area contributed by atoms with Gasteiger partial charge in [-0.25, -0.2) is 17.5 Å². The van der Waals surface area contributed by atoms with Crippen LogP contribution in [0.15, 0.2) is 53.4 Å². The highest BCUT2D eigenvalue weighted by molar-refractivity contribution is 7.89. The first kappa shape index (κ1) is 30.5. The van der Waals surface area contributed by atoms with Crippen LogP contribution >= 0.6 is 24.8 Å². The van der Waals surface area contributed by atoms with Gasteiger partial charge in [0.1, 0.15) is 23.8 Å². The van der Waals surface area contributed by atoms with Crippen LogP contribution in [-0.4, -0.2) is 94.3 Å². The molecule has 13 heteroatoms. The maximum atomic E-state index is 13.2. The highest BCUT2D eigenvalue weighted by atomic mass is 35.5. The summed E-state index contributed by atoms with van der Waals surface area (Å²) in [6.45, 7) is 2.12. The molecule has 2 aromatic rings. The number of anilines is 1. The Morgan fingerprint density at radius 3 is 2.31 bits per heavy atom. The predicted molar refractivity (Wildman–Crippen MR) is 138 cm³/mol. The van der Waals surface area contributed by atoms with Crippen molar-refractivity contribution in [1.82, 2.24) is 9.62 Å². The zero-order chi connectivity index (χ0) is 24.3. The zero-order valence-corrected chi connectivity index (χ0v) is 22.1. The Kier molecular flexibility index (Phi) is 11.2. The minimum atomic E-state index is -3.89. The molecule has 2 aliphatic heterocycles. The molecule has 0 radical (unpaired) electrons. The minimum Gasteiger partial charge on any atom is -0.495 e. The number of methoxy groups -OCH3 is 1. The van der Waals surface area contributed by atoms with Gasteiger partial charge in [0.25, 0.3) is 0 Å². The molecular weight excluding hydrogens is 536 g/mol. The number of nitrogens with one attached hydrogen (secondary N) is 1. The van der Waals surface area contributed by atoms with Crippen molar-refractivity contribution in [3.63, 3.8) is 0 Å². The Morgan fingerprint density at radius 2 is 1.69 bits per heavy atom. The van der Waals surface area contributed by atoms with Crippen molar-refractivity contribution in [3.05, 3.63) is 54.3 Å². The van der Waals surface area contributed by atoms with Gasteiger partial charge in [-0.15, -0.1) is 24.8 Å². The average molecular weight is 568 g/mol. The van der Waals surface area contributed by atoms with Gasteiger partial charge < -0.3 is 24.6 Å². The molecule has 0 saturated carbocycles. The molecule has 0 unspecified atom stereocenters. The molecular formula is C23H32Cl2FN3O6S. The standard InChI is InChI=1S/C23H30FN3O6S.2ClH/c1-32-19-5-3-2-4-18(19)26-10-12-27(13-11-26)22-20(33-21(15-28)23(22)29)14-25-34(30,31)17-8-6-16(24)7-9-17;;/h2-9,20-23,25,28-29H,10-15H2,1H3;2*1H/t20-,21+,22+,23-;;/m1../s1. The lowest BCUT2D eigenvalue weighted by atomic mass is 10.0. The van der Waals surface area contributed by atoms with Gasteiger partial charge in [0, 0.05) is 32.7 Å². The van der Waals surface area contributed by atoms with Gasteiger partial charge in [0.15, 0.2) is 0 Å². The molecule has 3 N–H and O–H groups in total. The van der Waals surface area contributed by atoms with Gasteiger partial charge >= 0.3 is 0 Å². The van der Waals surface area contributed by atoms with E-state index >= 15 is 0 Å². The lowest BCUT2D eigenvalue weighted by molar-refractivity contribution is -0.0201. The van der Waals surface area contributed by atoms with Crippen molar-refractivity contribution in [2.24, 2.45) is 0 Å². The Morgan fingerprint density at radius 1 is 1.06 bits per heavy atom. The summed E-state index contributed by atoms with van der Waals surface area (Å²) in [4.78, 5) is 4.21. The molecule has 2 heterocycles. The SMILES string of the molecule is COc1ccccc1N1CCN([C@@H]2[C@H](O)[C@H](CO)O[C@@H]2CNS(=O)(=O)c2ccc(F)cc2)CC1.Cl.Cl. The van der Waals surface area contributed by atoms with E-state index in [1.807, 2.05) is 24.3 Å². The molecule has 0 bridgehead atoms. The van der Waals surface area contributed by atoms with Crippen LogP contribution in [0.2, 0.25) is 0 Å². The van der Waals surface area contributed by atoms with E-state index in [0.29, 0.717) is 26.2 Å². The molecule has 4 rings (SSSR count). The summed E-state index contributed by atoms with van der Waals surface area (Å²) >= 11 is 0. The molecule has 0 spiro atoms. The summed E-state index contributed by atoms with van der Waals surface area (Å²) < 4.78 is 52.2. The quantitative estimate of drug-likeness (QED) is 0.437. The zero-order valence-electron chi connectivity index (χ0n) is 19.7. The average Bonchev–Trinajstić information content (AvgIpc) is 3.18. The molecule has 0 amide bonds. The second-order valence-corrected chi connectivity index (χ2v) is 10.1. The first-order valence-corrected chi connectivity index (χ1v) is 12.6. The molecule has 202 valence electrons. The first-order valence-electron chi connectivity index (χ1n) is 11.2. The van der Waals surface area contributed by atoms with Crippen LogP contribution in [0.3, 0.4) is 0 Å². The number of para-hydroxylation sites is 2. The number of aliphatic hydroxyl groups excluding tert-OH is 2. The fourth-order valence-electron chi connectivity index (χ4n) is 4.64. The van der Waals surface area contributed by atoms with E-state index < -0.39 is 40.2 Å². The maximum absolute atomic E-state index is 13.2. The molecule has 2 aromatic carbocycles. The van der Waals surface area contributed by atoms with Crippen LogP contribution in [-0.2, 0) is 14.8 Å². The summed E-state index contributed by atoms with van der Waals surface area (Å²) in [5, 5.41) is 20.5. The van der Waals surface area contributed by atoms with Gasteiger partial charge in [-0.1, -0.05) is 12.1 Å². The van der Waals surface area contributed by atoms with Crippen LogP contribution < -0.4 is 14.4 Å². The predicted octanol–water partition coefficient (Wildman–Crippen LogP) is 1.27. The Balaban J connectivity index is 0.00000228. The number of ether oxygens (including phenoxy) is 2. The van der Waals surface area contributed by atoms with Gasteiger partial charge in [-0.05, 0) is 36.4 Å². The Hall–Kier alpha value is -1.70. The lowest BCUT2D eigenvalue weighted by Gasteiger charge is -2.41. The third kappa shape index (κ3) is 6.59. The third-order valence-electron chi connectivity index (χ3n) is 6.40. The van der Waals surface area contributed by atoms with Crippen molar-refractivity contribution in [2.75, 3.05) is 51.3 Å². The van der Waals surface area contributed by atoms with Gasteiger partial charge in [0.2, 0.25) is 10.0 Å². The van der Waals surface area contributed by atoms with Crippen molar-refractivity contribution < 1.29 is 32.5 Å². The highest BCUT2D eigenvalue weighted by Crippen LogP contribution is 2.31. The lowest BCUT2D eigenvalue weighted by Crippen LogP contribution is -2.57. The van der Waals surface area contributed by atoms with Gasteiger partial charge in [-0.2, -0.15) is 0 Å². The molecule has 0 aromatic heterocycles. The second-order valence-electron chi connectivity index (χ2n) is 8.38. The van der Waals surface area contributed by atoms with Crippen LogP contribution in [0, 0.1) is 5.82 Å². The maximum Gasteiger partial charge on any atom is 0.240 e. The number of hydrogen-bond acceptors (Lipinski definition) is 8. The van der Waals surface area contributed by atoms with Crippen LogP contribution in [0.25, 0.3) is 0 Å². The molecule has 2 saturated heterocycles. The van der Waals surface area contributed by atoms with Crippen LogP contribution in [0.5, 0.6) is 5.75 Å². The largest absolute Gasteiger partial charge is 0.495 e. The number of halogens is 3. The molecule has 2 aliphatic rings. The number of sulfonamides is 1. The summed E-state index contributed by atoms with van der Waals surface area (Å²) in [5.74, 6) is 0.257. The van der Waals surface area contributed by atoms with Crippen LogP contribution in [0.4, 0.5) is 10.1 Å². The highest BCUT2D eigenvalue weighted by Gasteiger charge is 2.47. The fourth-order valence-corrected chi connectivity index (χ4v) is 5.68. The molecule has 2 fully saturated rings. The number of benzene rings is 2. The van der Waals surface area contributed by atoms with Gasteiger partial charge in [-0.3, -0.25) is 4.90 Å². The van der Waals surface area contributed by atoms with E-state index in [4.69, 9.17) is 9.47 Å². The third-order valence-corrected chi connectivity index (χ3v) is 7.84. The van der Waals surface area contributed by atoms with E-state index in [1.165, 1.54) is 12.1 Å². The minimum absolute atomic E-state index is 0. The van der Waals surface area contributed by atoms with Gasteiger partial charge in [0.05, 0.1) is 36.4 Å². The number of aliphatic hydroxyl groups is 2. The number of nitrogens with zero attached hydrogens (tertiary/aromatic N) is 2. The fraction of sp³-hybridized carbons (Fsp3) is 0.478. The number of hydrogen-bond donors (Lipinski definition) is 3. The van der Waals surface area contributed by atoms with Crippen LogP contribution in [0.1, 0.15) is 0 Å². The smallest absolute Gasteiger partial charge is 0.240 e. The summed E-state index contributed by atoms with van der Waals surface area (Å²) in [7, 11) is -2.26. The van der Waals surface area contributed by atoms with E-state index in [1.54, 1.807) is 7.11 Å². The molecule has 0 aliphatic carbocycles. The van der Waals surface area contributed by atoms with E-state index in [2.05, 4.69) is 14.5 Å². The summed E-state index contributed by atoms with van der Waals surface area (Å²) in [5.41, 5.74) is 0.990. The normalized spacial score (nSPS) is 24.6. The second kappa shape index (κ2) is 13.2. The number of piperazine rings is 1. The van der Waals surface area contributed by atoms with Crippen molar-refractivity contribution in [1.29, 1.82) is 0 Å². The van der Waals surface area contributed by atoms with E-state index in [0.717, 1.165) is 23.6 Å². The first-order chi connectivity index (χ1) is 16.3. The Labute approximate surface area is 223 Å². The Bertz CT molecular complexity index is 1070. The van der Waals surface area contributed by atoms with E-state index in [-0.39, 0.29) is 42.9 Å². The summed E-state index contributed by atoms with van der Waals surface area (Å²) in [6.07, 6.45) is -2.44. The summed E-state index contributed by atoms with van der Waals surface area (Å²) in [6, 6.07) is 11.8. The topological polar surface area (TPSA) is 112 Å². The van der Waals surface area contributed by atoms with Crippen molar-refractivity contribution in [3.8, 4) is 5.75 Å². The molecule has 4 atom stereocenters. The monoisotopic (exact) mass is 567 g/mol. The molecule has 36 heavy (non-hydrogen) atoms. The molecule has 9 nitrogen and oxygen atoms in total.